The number of rotatable bonds is 4. The summed E-state index contributed by atoms with van der Waals surface area (Å²) >= 11 is 6.08. The van der Waals surface area contributed by atoms with Crippen molar-refractivity contribution in [2.75, 3.05) is 25.0 Å². The van der Waals surface area contributed by atoms with Gasteiger partial charge in [0.1, 0.15) is 5.58 Å². The van der Waals surface area contributed by atoms with Crippen LogP contribution in [0.3, 0.4) is 0 Å². The SMILES string of the molecule is CC1CN(CC(=O)Nc2oc3ccc(Cl)cc3c(=O)c2-c2ccccc2)CC(C)O1. The number of carbonyl (C=O) groups is 1. The minimum Gasteiger partial charge on any atom is -0.439 e. The third-order valence-electron chi connectivity index (χ3n) is 5.03. The summed E-state index contributed by atoms with van der Waals surface area (Å²) in [6, 6.07) is 14.0. The first-order valence-corrected chi connectivity index (χ1v) is 10.3. The van der Waals surface area contributed by atoms with Crippen LogP contribution < -0.4 is 10.7 Å². The molecular formula is C23H23ClN2O4. The molecule has 2 unspecified atom stereocenters. The molecule has 1 N–H and O–H groups in total. The van der Waals surface area contributed by atoms with Crippen molar-refractivity contribution in [3.05, 3.63) is 63.8 Å². The van der Waals surface area contributed by atoms with Crippen molar-refractivity contribution < 1.29 is 13.9 Å². The van der Waals surface area contributed by atoms with E-state index in [1.54, 1.807) is 18.2 Å². The molecule has 2 heterocycles. The molecule has 6 nitrogen and oxygen atoms in total. The molecule has 3 aromatic rings. The van der Waals surface area contributed by atoms with Gasteiger partial charge in [-0.3, -0.25) is 19.8 Å². The molecule has 7 heteroatoms. The summed E-state index contributed by atoms with van der Waals surface area (Å²) < 4.78 is 11.7. The minimum absolute atomic E-state index is 0.0600. The molecular weight excluding hydrogens is 404 g/mol. The van der Waals surface area contributed by atoms with E-state index in [9.17, 15) is 9.59 Å². The Morgan fingerprint density at radius 1 is 1.13 bits per heavy atom. The number of anilines is 1. The van der Waals surface area contributed by atoms with E-state index in [0.717, 1.165) is 0 Å². The van der Waals surface area contributed by atoms with Crippen LogP contribution >= 0.6 is 11.6 Å². The Balaban J connectivity index is 1.70. The van der Waals surface area contributed by atoms with Gasteiger partial charge in [-0.25, -0.2) is 0 Å². The first-order valence-electron chi connectivity index (χ1n) is 9.90. The van der Waals surface area contributed by atoms with Crippen LogP contribution in [-0.2, 0) is 9.53 Å². The zero-order chi connectivity index (χ0) is 21.3. The summed E-state index contributed by atoms with van der Waals surface area (Å²) in [5.74, 6) is -0.106. The fraction of sp³-hybridized carbons (Fsp3) is 0.304. The molecule has 2 atom stereocenters. The average molecular weight is 427 g/mol. The lowest BCUT2D eigenvalue weighted by Gasteiger charge is -2.34. The zero-order valence-electron chi connectivity index (χ0n) is 16.9. The number of nitrogens with one attached hydrogen (secondary N) is 1. The number of hydrogen-bond acceptors (Lipinski definition) is 5. The quantitative estimate of drug-likeness (QED) is 0.678. The predicted molar refractivity (Wildman–Crippen MR) is 118 cm³/mol. The molecule has 4 rings (SSSR count). The Hall–Kier alpha value is -2.67. The third-order valence-corrected chi connectivity index (χ3v) is 5.27. The fourth-order valence-corrected chi connectivity index (χ4v) is 4.08. The van der Waals surface area contributed by atoms with E-state index in [1.807, 2.05) is 49.1 Å². The monoisotopic (exact) mass is 426 g/mol. The molecule has 0 bridgehead atoms. The zero-order valence-corrected chi connectivity index (χ0v) is 17.6. The Morgan fingerprint density at radius 2 is 1.83 bits per heavy atom. The number of fused-ring (bicyclic) bond motifs is 1. The molecule has 1 aliphatic rings. The normalized spacial score (nSPS) is 19.7. The maximum atomic E-state index is 13.3. The van der Waals surface area contributed by atoms with Gasteiger partial charge in [0, 0.05) is 18.1 Å². The summed E-state index contributed by atoms with van der Waals surface area (Å²) in [6.07, 6.45) is 0.120. The molecule has 1 saturated heterocycles. The number of nitrogens with zero attached hydrogens (tertiary/aromatic N) is 1. The van der Waals surface area contributed by atoms with Crippen molar-refractivity contribution in [2.24, 2.45) is 0 Å². The molecule has 156 valence electrons. The molecule has 0 aliphatic carbocycles. The fourth-order valence-electron chi connectivity index (χ4n) is 3.91. The third kappa shape index (κ3) is 4.41. The Labute approximate surface area is 179 Å². The Morgan fingerprint density at radius 3 is 2.53 bits per heavy atom. The van der Waals surface area contributed by atoms with Crippen molar-refractivity contribution in [3.63, 3.8) is 0 Å². The van der Waals surface area contributed by atoms with Crippen molar-refractivity contribution in [3.8, 4) is 11.1 Å². The van der Waals surface area contributed by atoms with Crippen LogP contribution in [0, 0.1) is 0 Å². The number of carbonyl (C=O) groups excluding carboxylic acids is 1. The highest BCUT2D eigenvalue weighted by Crippen LogP contribution is 2.29. The summed E-state index contributed by atoms with van der Waals surface area (Å²) in [6.45, 7) is 5.50. The highest BCUT2D eigenvalue weighted by molar-refractivity contribution is 6.31. The van der Waals surface area contributed by atoms with Crippen LogP contribution in [0.5, 0.6) is 0 Å². The van der Waals surface area contributed by atoms with Crippen LogP contribution in [0.25, 0.3) is 22.1 Å². The van der Waals surface area contributed by atoms with Crippen molar-refractivity contribution in [1.29, 1.82) is 0 Å². The Bertz CT molecular complexity index is 1120. The van der Waals surface area contributed by atoms with Gasteiger partial charge in [0.15, 0.2) is 0 Å². The van der Waals surface area contributed by atoms with Crippen molar-refractivity contribution in [1.82, 2.24) is 4.90 Å². The van der Waals surface area contributed by atoms with E-state index in [-0.39, 0.29) is 36.0 Å². The largest absolute Gasteiger partial charge is 0.439 e. The van der Waals surface area contributed by atoms with Gasteiger partial charge in [-0.15, -0.1) is 0 Å². The lowest BCUT2D eigenvalue weighted by molar-refractivity contribution is -0.121. The number of morpholine rings is 1. The van der Waals surface area contributed by atoms with Crippen molar-refractivity contribution >= 4 is 34.4 Å². The van der Waals surface area contributed by atoms with Crippen LogP contribution in [0.1, 0.15) is 13.8 Å². The molecule has 2 aromatic carbocycles. The molecule has 0 radical (unpaired) electrons. The predicted octanol–water partition coefficient (Wildman–Crippen LogP) is 4.16. The summed E-state index contributed by atoms with van der Waals surface area (Å²) in [4.78, 5) is 28.1. The van der Waals surface area contributed by atoms with E-state index < -0.39 is 0 Å². The first kappa shape index (κ1) is 20.6. The summed E-state index contributed by atoms with van der Waals surface area (Å²) in [5, 5.41) is 3.63. The molecule has 0 spiro atoms. The van der Waals surface area contributed by atoms with Gasteiger partial charge >= 0.3 is 0 Å². The second-order valence-corrected chi connectivity index (χ2v) is 8.08. The number of amides is 1. The molecule has 0 saturated carbocycles. The summed E-state index contributed by atoms with van der Waals surface area (Å²) in [7, 11) is 0. The molecule has 30 heavy (non-hydrogen) atoms. The van der Waals surface area contributed by atoms with Gasteiger partial charge in [-0.1, -0.05) is 41.9 Å². The van der Waals surface area contributed by atoms with Gasteiger partial charge in [-0.2, -0.15) is 0 Å². The summed E-state index contributed by atoms with van der Waals surface area (Å²) in [5.41, 5.74) is 1.10. The molecule has 1 aliphatic heterocycles. The number of halogens is 1. The average Bonchev–Trinajstić information content (AvgIpc) is 2.68. The number of benzene rings is 2. The van der Waals surface area contributed by atoms with E-state index >= 15 is 0 Å². The van der Waals surface area contributed by atoms with Crippen LogP contribution in [-0.4, -0.2) is 42.6 Å². The highest BCUT2D eigenvalue weighted by Gasteiger charge is 2.25. The van der Waals surface area contributed by atoms with Crippen molar-refractivity contribution in [2.45, 2.75) is 26.1 Å². The standard InChI is InChI=1S/C23H23ClN2O4/c1-14-11-26(12-15(2)29-14)13-20(27)25-23-21(16-6-4-3-5-7-16)22(28)18-10-17(24)8-9-19(18)30-23/h3-10,14-15H,11-13H2,1-2H3,(H,25,27). The number of hydrogen-bond donors (Lipinski definition) is 1. The van der Waals surface area contributed by atoms with Crippen LogP contribution in [0.2, 0.25) is 5.02 Å². The lowest BCUT2D eigenvalue weighted by Crippen LogP contribution is -2.48. The van der Waals surface area contributed by atoms with E-state index in [2.05, 4.69) is 5.32 Å². The smallest absolute Gasteiger partial charge is 0.240 e. The molecule has 1 amide bonds. The highest BCUT2D eigenvalue weighted by atomic mass is 35.5. The van der Waals surface area contributed by atoms with Gasteiger partial charge in [0.05, 0.1) is 29.7 Å². The topological polar surface area (TPSA) is 71.8 Å². The maximum Gasteiger partial charge on any atom is 0.240 e. The Kier molecular flexibility index (Phi) is 5.90. The van der Waals surface area contributed by atoms with E-state index in [4.69, 9.17) is 20.8 Å². The lowest BCUT2D eigenvalue weighted by atomic mass is 10.0. The second-order valence-electron chi connectivity index (χ2n) is 7.64. The number of ether oxygens (including phenoxy) is 1. The molecule has 1 fully saturated rings. The van der Waals surface area contributed by atoms with Gasteiger partial charge < -0.3 is 9.15 Å². The van der Waals surface area contributed by atoms with Gasteiger partial charge in [-0.05, 0) is 37.6 Å². The van der Waals surface area contributed by atoms with Gasteiger partial charge in [0.2, 0.25) is 17.2 Å². The van der Waals surface area contributed by atoms with Crippen LogP contribution in [0.4, 0.5) is 5.88 Å². The van der Waals surface area contributed by atoms with E-state index in [1.165, 1.54) is 0 Å². The second kappa shape index (κ2) is 8.60. The van der Waals surface area contributed by atoms with Crippen LogP contribution in [0.15, 0.2) is 57.7 Å². The first-order chi connectivity index (χ1) is 14.4. The van der Waals surface area contributed by atoms with Gasteiger partial charge in [0.25, 0.3) is 0 Å². The van der Waals surface area contributed by atoms with E-state index in [0.29, 0.717) is 40.2 Å². The minimum atomic E-state index is -0.245. The molecule has 1 aromatic heterocycles. The maximum absolute atomic E-state index is 13.3.